The molecule has 0 spiro atoms. The van der Waals surface area contributed by atoms with E-state index in [1.54, 1.807) is 7.05 Å². The van der Waals surface area contributed by atoms with Crippen LogP contribution in [0.25, 0.3) is 0 Å². The third-order valence-corrected chi connectivity index (χ3v) is 7.18. The van der Waals surface area contributed by atoms with Crippen LogP contribution in [-0.4, -0.2) is 49.8 Å². The number of carbonyl (C=O) groups is 1. The van der Waals surface area contributed by atoms with Crippen molar-refractivity contribution >= 4 is 21.7 Å². The summed E-state index contributed by atoms with van der Waals surface area (Å²) in [6.45, 7) is 0. The molecule has 2 aliphatic rings. The number of aryl methyl sites for hydroxylation is 1. The maximum Gasteiger partial charge on any atom is 0.257 e. The quantitative estimate of drug-likeness (QED) is 0.754. The fourth-order valence-corrected chi connectivity index (χ4v) is 5.96. The lowest BCUT2D eigenvalue weighted by Gasteiger charge is -2.34. The molecule has 28 heavy (non-hydrogen) atoms. The molecule has 1 fully saturated rings. The largest absolute Gasteiger partial charge is 0.369 e. The van der Waals surface area contributed by atoms with E-state index < -0.39 is 15.4 Å². The molecule has 1 aliphatic heterocycles. The summed E-state index contributed by atoms with van der Waals surface area (Å²) in [6.07, 6.45) is 7.13. The summed E-state index contributed by atoms with van der Waals surface area (Å²) in [4.78, 5) is 19.2. The number of likely N-dealkylation sites (N-methyl/N-ethyl adjacent to an activating group) is 1. The Labute approximate surface area is 168 Å². The van der Waals surface area contributed by atoms with Crippen LogP contribution in [-0.2, 0) is 21.1 Å². The Hall–Kier alpha value is -1.89. The lowest BCUT2D eigenvalue weighted by atomic mass is 9.74. The molecule has 1 heterocycles. The van der Waals surface area contributed by atoms with Crippen LogP contribution >= 0.6 is 0 Å². The lowest BCUT2D eigenvalue weighted by Crippen LogP contribution is -2.44. The second kappa shape index (κ2) is 8.23. The van der Waals surface area contributed by atoms with Gasteiger partial charge in [-0.05, 0) is 49.5 Å². The first-order valence-corrected chi connectivity index (χ1v) is 12.1. The number of hydrogen-bond donors (Lipinski definition) is 1. The van der Waals surface area contributed by atoms with Gasteiger partial charge in [0.15, 0.2) is 5.96 Å². The number of carbonyl (C=O) groups excluding carboxylic acids is 1. The molecule has 0 bridgehead atoms. The molecule has 154 valence electrons. The Bertz CT molecular complexity index is 838. The Morgan fingerprint density at radius 2 is 1.89 bits per heavy atom. The molecular formula is C21H31N3O3S. The summed E-state index contributed by atoms with van der Waals surface area (Å²) in [5, 5.41) is 0. The average molecular weight is 406 g/mol. The topological polar surface area (TPSA) is 92.8 Å². The fraction of sp³-hybridized carbons (Fsp3) is 0.619. The van der Waals surface area contributed by atoms with Crippen LogP contribution in [0.1, 0.15) is 44.1 Å². The number of sulfone groups is 1. The first-order valence-electron chi connectivity index (χ1n) is 10.0. The zero-order valence-corrected chi connectivity index (χ0v) is 17.6. The second-order valence-corrected chi connectivity index (χ2v) is 10.7. The van der Waals surface area contributed by atoms with Crippen molar-refractivity contribution in [3.8, 4) is 0 Å². The summed E-state index contributed by atoms with van der Waals surface area (Å²) < 4.78 is 23.4. The van der Waals surface area contributed by atoms with Crippen molar-refractivity contribution in [2.24, 2.45) is 22.6 Å². The highest BCUT2D eigenvalue weighted by Gasteiger charge is 2.47. The smallest absolute Gasteiger partial charge is 0.257 e. The van der Waals surface area contributed by atoms with Crippen LogP contribution in [0.3, 0.4) is 0 Å². The zero-order chi connectivity index (χ0) is 20.4. The van der Waals surface area contributed by atoms with Gasteiger partial charge >= 0.3 is 0 Å². The standard InChI is InChI=1S/C21H31N3O3S/c1-24-19(25)21(23-20(24)22,12-11-16-7-4-3-5-8-16)14-17-9-6-10-18(13-17)15-28(2,26)27/h3-5,7-8,17-18H,6,9-15H2,1-2H3,(H2,22,23)/t17-,18+,21+/m0/s1. The normalized spacial score (nSPS) is 28.4. The zero-order valence-electron chi connectivity index (χ0n) is 16.8. The minimum Gasteiger partial charge on any atom is -0.369 e. The van der Waals surface area contributed by atoms with Gasteiger partial charge in [-0.2, -0.15) is 0 Å². The summed E-state index contributed by atoms with van der Waals surface area (Å²) >= 11 is 0. The SMILES string of the molecule is CN1C(=O)[C@@](CCc2ccccc2)(C[C@H]2CCC[C@@H](CS(C)(=O)=O)C2)N=C1N. The highest BCUT2D eigenvalue weighted by atomic mass is 32.2. The van der Waals surface area contributed by atoms with E-state index in [-0.39, 0.29) is 23.5 Å². The van der Waals surface area contributed by atoms with E-state index in [1.807, 2.05) is 18.2 Å². The van der Waals surface area contributed by atoms with E-state index >= 15 is 0 Å². The Balaban J connectivity index is 1.75. The van der Waals surface area contributed by atoms with Gasteiger partial charge < -0.3 is 5.73 Å². The van der Waals surface area contributed by atoms with Crippen molar-refractivity contribution in [3.63, 3.8) is 0 Å². The van der Waals surface area contributed by atoms with Crippen LogP contribution in [0, 0.1) is 11.8 Å². The minimum absolute atomic E-state index is 0.0360. The Kier molecular flexibility index (Phi) is 6.12. The summed E-state index contributed by atoms with van der Waals surface area (Å²) in [7, 11) is -1.31. The van der Waals surface area contributed by atoms with Crippen molar-refractivity contribution < 1.29 is 13.2 Å². The molecular weight excluding hydrogens is 374 g/mol. The number of aliphatic imine (C=N–C) groups is 1. The van der Waals surface area contributed by atoms with Crippen LogP contribution in [0.15, 0.2) is 35.3 Å². The molecule has 0 unspecified atom stereocenters. The lowest BCUT2D eigenvalue weighted by molar-refractivity contribution is -0.131. The molecule has 0 saturated heterocycles. The summed E-state index contributed by atoms with van der Waals surface area (Å²) in [5.74, 6) is 0.950. The van der Waals surface area contributed by atoms with E-state index in [9.17, 15) is 13.2 Å². The predicted octanol–water partition coefficient (Wildman–Crippen LogP) is 2.39. The maximum atomic E-state index is 13.1. The Morgan fingerprint density at radius 1 is 1.21 bits per heavy atom. The average Bonchev–Trinajstić information content (AvgIpc) is 2.84. The van der Waals surface area contributed by atoms with E-state index in [4.69, 9.17) is 5.73 Å². The monoisotopic (exact) mass is 405 g/mol. The molecule has 0 aromatic heterocycles. The molecule has 1 aromatic rings. The third kappa shape index (κ3) is 4.93. The van der Waals surface area contributed by atoms with Crippen LogP contribution in [0.5, 0.6) is 0 Å². The van der Waals surface area contributed by atoms with Gasteiger partial charge in [0.05, 0.1) is 5.75 Å². The van der Waals surface area contributed by atoms with E-state index in [2.05, 4.69) is 17.1 Å². The fourth-order valence-electron chi connectivity index (χ4n) is 4.80. The number of rotatable bonds is 7. The first-order chi connectivity index (χ1) is 13.2. The highest BCUT2D eigenvalue weighted by molar-refractivity contribution is 7.90. The first kappa shape index (κ1) is 20.8. The molecule has 6 nitrogen and oxygen atoms in total. The van der Waals surface area contributed by atoms with Gasteiger partial charge in [-0.15, -0.1) is 0 Å². The Morgan fingerprint density at radius 3 is 2.50 bits per heavy atom. The summed E-state index contributed by atoms with van der Waals surface area (Å²) in [5.41, 5.74) is 6.36. The number of amides is 1. The van der Waals surface area contributed by atoms with Gasteiger partial charge in [0.2, 0.25) is 0 Å². The second-order valence-electron chi connectivity index (χ2n) is 8.55. The third-order valence-electron chi connectivity index (χ3n) is 6.10. The number of benzene rings is 1. The van der Waals surface area contributed by atoms with Gasteiger partial charge in [0.1, 0.15) is 15.4 Å². The predicted molar refractivity (Wildman–Crippen MR) is 112 cm³/mol. The van der Waals surface area contributed by atoms with Crippen molar-refractivity contribution in [2.45, 2.75) is 50.5 Å². The summed E-state index contributed by atoms with van der Waals surface area (Å²) in [6, 6.07) is 10.1. The van der Waals surface area contributed by atoms with Crippen molar-refractivity contribution in [1.82, 2.24) is 4.90 Å². The van der Waals surface area contributed by atoms with Crippen LogP contribution in [0.4, 0.5) is 0 Å². The van der Waals surface area contributed by atoms with E-state index in [0.717, 1.165) is 32.1 Å². The molecule has 3 rings (SSSR count). The molecule has 1 saturated carbocycles. The molecule has 3 atom stereocenters. The van der Waals surface area contributed by atoms with Gasteiger partial charge in [-0.1, -0.05) is 43.2 Å². The van der Waals surface area contributed by atoms with Gasteiger partial charge in [-0.25, -0.2) is 13.4 Å². The van der Waals surface area contributed by atoms with E-state index in [0.29, 0.717) is 18.8 Å². The number of hydrogen-bond acceptors (Lipinski definition) is 5. The van der Waals surface area contributed by atoms with Gasteiger partial charge in [-0.3, -0.25) is 9.69 Å². The molecule has 1 aliphatic carbocycles. The maximum absolute atomic E-state index is 13.1. The molecule has 2 N–H and O–H groups in total. The molecule has 7 heteroatoms. The minimum atomic E-state index is -2.99. The highest BCUT2D eigenvalue weighted by Crippen LogP contribution is 2.40. The molecule has 0 radical (unpaired) electrons. The van der Waals surface area contributed by atoms with Crippen molar-refractivity contribution in [3.05, 3.63) is 35.9 Å². The van der Waals surface area contributed by atoms with Crippen LogP contribution in [0.2, 0.25) is 0 Å². The van der Waals surface area contributed by atoms with E-state index in [1.165, 1.54) is 16.7 Å². The van der Waals surface area contributed by atoms with Crippen molar-refractivity contribution in [1.29, 1.82) is 0 Å². The number of nitrogens with zero attached hydrogens (tertiary/aromatic N) is 2. The molecule has 1 aromatic carbocycles. The van der Waals surface area contributed by atoms with Crippen molar-refractivity contribution in [2.75, 3.05) is 19.1 Å². The van der Waals surface area contributed by atoms with Gasteiger partial charge in [0, 0.05) is 13.3 Å². The van der Waals surface area contributed by atoms with Gasteiger partial charge in [0.25, 0.3) is 5.91 Å². The molecule has 1 amide bonds. The number of nitrogens with two attached hydrogens (primary N) is 1. The number of guanidine groups is 1. The van der Waals surface area contributed by atoms with Crippen LogP contribution < -0.4 is 5.73 Å².